The van der Waals surface area contributed by atoms with Crippen molar-refractivity contribution in [2.24, 2.45) is 0 Å². The van der Waals surface area contributed by atoms with Crippen LogP contribution in [0.5, 0.6) is 0 Å². The lowest BCUT2D eigenvalue weighted by atomic mass is 10.0. The Morgan fingerprint density at radius 3 is 2.42 bits per heavy atom. The second kappa shape index (κ2) is 18.5. The van der Waals surface area contributed by atoms with Crippen LogP contribution in [0.1, 0.15) is 93.2 Å². The molecule has 0 aliphatic carbocycles. The molecule has 0 saturated carbocycles. The van der Waals surface area contributed by atoms with Gasteiger partial charge in [-0.15, -0.1) is 24.2 Å². The molecule has 236 valence electrons. The van der Waals surface area contributed by atoms with Crippen molar-refractivity contribution in [2.45, 2.75) is 65.5 Å². The number of benzene rings is 2. The number of rotatable bonds is 10. The van der Waals surface area contributed by atoms with Crippen LogP contribution in [0.15, 0.2) is 78.4 Å². The van der Waals surface area contributed by atoms with E-state index in [-0.39, 0.29) is 17.9 Å². The quantitative estimate of drug-likeness (QED) is 0.145. The molecule has 4 aromatic rings. The fraction of sp³-hybridized carbons (Fsp3) is 0.351. The zero-order chi connectivity index (χ0) is 32.6. The maximum absolute atomic E-state index is 13.3. The first-order valence-electron chi connectivity index (χ1n) is 15.4. The molecule has 5 rings (SSSR count). The van der Waals surface area contributed by atoms with Gasteiger partial charge in [0, 0.05) is 54.2 Å². The first-order valence-corrected chi connectivity index (χ1v) is 16.3. The summed E-state index contributed by atoms with van der Waals surface area (Å²) in [7, 11) is 0. The van der Waals surface area contributed by atoms with E-state index in [1.807, 2.05) is 47.8 Å². The molecule has 1 aliphatic rings. The lowest BCUT2D eigenvalue weighted by Gasteiger charge is -2.23. The fourth-order valence-corrected chi connectivity index (χ4v) is 5.90. The second-order valence-corrected chi connectivity index (χ2v) is 12.2. The van der Waals surface area contributed by atoms with E-state index in [1.165, 1.54) is 11.1 Å². The lowest BCUT2D eigenvalue weighted by molar-refractivity contribution is 0.0735. The molecule has 0 unspecified atom stereocenters. The molecule has 1 atom stereocenters. The minimum Gasteiger partial charge on any atom is -0.352 e. The number of hydrogen-bond donors (Lipinski definition) is 2. The zero-order valence-electron chi connectivity index (χ0n) is 26.8. The van der Waals surface area contributed by atoms with E-state index >= 15 is 0 Å². The van der Waals surface area contributed by atoms with Crippen LogP contribution in [0.4, 0.5) is 0 Å². The predicted octanol–water partition coefficient (Wildman–Crippen LogP) is 7.10. The Hall–Kier alpha value is -4.32. The molecule has 1 fully saturated rings. The lowest BCUT2D eigenvalue weighted by Crippen LogP contribution is -2.31. The minimum atomic E-state index is -0.160. The number of carbonyl (C=O) groups excluding carboxylic acids is 2. The van der Waals surface area contributed by atoms with Crippen LogP contribution in [0.25, 0.3) is 0 Å². The number of carbonyl (C=O) groups is 2. The third kappa shape index (κ3) is 11.0. The van der Waals surface area contributed by atoms with Crippen LogP contribution < -0.4 is 10.6 Å². The highest BCUT2D eigenvalue weighted by Crippen LogP contribution is 2.34. The highest BCUT2D eigenvalue weighted by atomic mass is 32.1. The smallest absolute Gasteiger partial charge is 0.254 e. The van der Waals surface area contributed by atoms with Crippen LogP contribution in [-0.2, 0) is 6.54 Å². The van der Waals surface area contributed by atoms with Gasteiger partial charge in [0.15, 0.2) is 0 Å². The summed E-state index contributed by atoms with van der Waals surface area (Å²) >= 11 is 1.61. The monoisotopic (exact) mass is 623 g/mol. The van der Waals surface area contributed by atoms with E-state index in [9.17, 15) is 9.59 Å². The standard InChI is InChI=1S/C28H35N5O2S.C7H8.C2H2/c1-19(2)24-13-21(16-30-17-24)15-29-10-6-11-31-26(34)22-7-4-8-23(14-22)28(35)33-12-5-9-25(33)27-32-20(3)18-36-27;1-7-5-3-2-4-6-7;1-2/h4,7-8,13-14,16-19,25,29H,5-6,9-12,15H2,1-3H3,(H,31,34);2-6H,1H3;1-2H/t25-;;/m1../s1. The number of nitrogens with one attached hydrogen (secondary N) is 2. The van der Waals surface area contributed by atoms with Gasteiger partial charge in [0.1, 0.15) is 5.01 Å². The highest BCUT2D eigenvalue weighted by Gasteiger charge is 2.32. The average Bonchev–Trinajstić information content (AvgIpc) is 3.73. The molecule has 1 aliphatic heterocycles. The summed E-state index contributed by atoms with van der Waals surface area (Å²) in [6, 6.07) is 19.5. The van der Waals surface area contributed by atoms with E-state index in [0.29, 0.717) is 30.1 Å². The Bertz CT molecular complexity index is 1520. The number of aryl methyl sites for hydroxylation is 2. The van der Waals surface area contributed by atoms with Gasteiger partial charge >= 0.3 is 0 Å². The number of nitrogens with zero attached hydrogens (tertiary/aromatic N) is 3. The first kappa shape index (κ1) is 35.2. The van der Waals surface area contributed by atoms with Crippen LogP contribution in [0.2, 0.25) is 0 Å². The van der Waals surface area contributed by atoms with Gasteiger partial charge in [0.2, 0.25) is 0 Å². The zero-order valence-corrected chi connectivity index (χ0v) is 27.6. The van der Waals surface area contributed by atoms with Crippen molar-refractivity contribution < 1.29 is 9.59 Å². The van der Waals surface area contributed by atoms with Gasteiger partial charge in [-0.05, 0) is 74.9 Å². The van der Waals surface area contributed by atoms with Gasteiger partial charge in [-0.1, -0.05) is 61.9 Å². The van der Waals surface area contributed by atoms with E-state index < -0.39 is 0 Å². The summed E-state index contributed by atoms with van der Waals surface area (Å²) in [6.45, 7) is 11.2. The van der Waals surface area contributed by atoms with Crippen molar-refractivity contribution in [2.75, 3.05) is 19.6 Å². The minimum absolute atomic E-state index is 0.0183. The van der Waals surface area contributed by atoms with Crippen molar-refractivity contribution in [1.82, 2.24) is 25.5 Å². The molecule has 2 N–H and O–H groups in total. The molecule has 0 spiro atoms. The number of likely N-dealkylation sites (tertiary alicyclic amines) is 1. The molecule has 45 heavy (non-hydrogen) atoms. The largest absolute Gasteiger partial charge is 0.352 e. The van der Waals surface area contributed by atoms with Crippen molar-refractivity contribution in [1.29, 1.82) is 0 Å². The van der Waals surface area contributed by atoms with Crippen molar-refractivity contribution in [3.05, 3.63) is 117 Å². The summed E-state index contributed by atoms with van der Waals surface area (Å²) in [6.07, 6.45) is 14.5. The molecule has 1 saturated heterocycles. The maximum atomic E-state index is 13.3. The van der Waals surface area contributed by atoms with Crippen molar-refractivity contribution >= 4 is 23.2 Å². The van der Waals surface area contributed by atoms with E-state index in [2.05, 4.69) is 72.4 Å². The van der Waals surface area contributed by atoms with Crippen LogP contribution in [0.3, 0.4) is 0 Å². The Morgan fingerprint density at radius 2 is 1.76 bits per heavy atom. The van der Waals surface area contributed by atoms with Crippen molar-refractivity contribution in [3.63, 3.8) is 0 Å². The molecule has 7 nitrogen and oxygen atoms in total. The normalized spacial score (nSPS) is 13.8. The van der Waals surface area contributed by atoms with E-state index in [1.54, 1.807) is 35.6 Å². The fourth-order valence-electron chi connectivity index (χ4n) is 4.96. The molecule has 3 heterocycles. The molecule has 0 radical (unpaired) electrons. The number of thiazole rings is 1. The molecule has 0 bridgehead atoms. The first-order chi connectivity index (χ1) is 21.8. The molecular weight excluding hydrogens is 579 g/mol. The van der Waals surface area contributed by atoms with E-state index in [0.717, 1.165) is 48.6 Å². The number of pyridine rings is 1. The van der Waals surface area contributed by atoms with Gasteiger partial charge in [0.05, 0.1) is 6.04 Å². The summed E-state index contributed by atoms with van der Waals surface area (Å²) in [5, 5.41) is 9.40. The molecule has 2 aromatic heterocycles. The predicted molar refractivity (Wildman–Crippen MR) is 184 cm³/mol. The average molecular weight is 624 g/mol. The van der Waals surface area contributed by atoms with Crippen molar-refractivity contribution in [3.8, 4) is 12.8 Å². The van der Waals surface area contributed by atoms with Crippen LogP contribution >= 0.6 is 11.3 Å². The molecule has 8 heteroatoms. The summed E-state index contributed by atoms with van der Waals surface area (Å²) in [5.74, 6) is 0.257. The number of terminal acetylenes is 1. The Balaban J connectivity index is 0.000000534. The van der Waals surface area contributed by atoms with E-state index in [4.69, 9.17) is 0 Å². The Kier molecular flexibility index (Phi) is 14.4. The summed E-state index contributed by atoms with van der Waals surface area (Å²) in [4.78, 5) is 36.8. The number of aromatic nitrogens is 2. The van der Waals surface area contributed by atoms with Crippen LogP contribution in [0, 0.1) is 26.7 Å². The molecule has 2 aromatic carbocycles. The third-order valence-corrected chi connectivity index (χ3v) is 8.44. The van der Waals surface area contributed by atoms with Crippen LogP contribution in [-0.4, -0.2) is 46.3 Å². The highest BCUT2D eigenvalue weighted by molar-refractivity contribution is 7.09. The topological polar surface area (TPSA) is 87.2 Å². The second-order valence-electron chi connectivity index (χ2n) is 11.3. The third-order valence-electron chi connectivity index (χ3n) is 7.38. The summed E-state index contributed by atoms with van der Waals surface area (Å²) < 4.78 is 0. The number of hydrogen-bond acceptors (Lipinski definition) is 6. The van der Waals surface area contributed by atoms with Gasteiger partial charge < -0.3 is 15.5 Å². The molecular formula is C37H45N5O2S. The Morgan fingerprint density at radius 1 is 1.00 bits per heavy atom. The SMILES string of the molecule is C#C.Cc1ccccc1.Cc1csc([C@H]2CCCN2C(=O)c2cccc(C(=O)NCCCNCc3cncc(C(C)C)c3)c2)n1. The van der Waals surface area contributed by atoms with Gasteiger partial charge in [-0.25, -0.2) is 4.98 Å². The summed E-state index contributed by atoms with van der Waals surface area (Å²) in [5.41, 5.74) is 5.76. The van der Waals surface area contributed by atoms with Gasteiger partial charge in [0.25, 0.3) is 11.8 Å². The van der Waals surface area contributed by atoms with Gasteiger partial charge in [-0.3, -0.25) is 14.6 Å². The molecule has 2 amide bonds. The number of amides is 2. The maximum Gasteiger partial charge on any atom is 0.254 e. The van der Waals surface area contributed by atoms with Gasteiger partial charge in [-0.2, -0.15) is 0 Å². The Labute approximate surface area is 272 Å².